The van der Waals surface area contributed by atoms with Gasteiger partial charge in [-0.15, -0.1) is 11.3 Å². The Morgan fingerprint density at radius 3 is 2.90 bits per heavy atom. The van der Waals surface area contributed by atoms with E-state index in [0.717, 1.165) is 23.6 Å². The molecular formula is C17H16N2OS. The SMILES string of the molecule is NC(Cc1nc2ccccc2s1)c1ccc2c(c1)COC2. The Bertz CT molecular complexity index is 763. The zero-order valence-corrected chi connectivity index (χ0v) is 12.4. The van der Waals surface area contributed by atoms with Crippen molar-refractivity contribution in [1.82, 2.24) is 4.98 Å². The summed E-state index contributed by atoms with van der Waals surface area (Å²) in [6.45, 7) is 1.43. The van der Waals surface area contributed by atoms with Crippen LogP contribution in [-0.2, 0) is 24.4 Å². The monoisotopic (exact) mass is 296 g/mol. The van der Waals surface area contributed by atoms with Crippen molar-refractivity contribution >= 4 is 21.6 Å². The standard InChI is InChI=1S/C17H16N2OS/c18-14(11-5-6-12-9-20-10-13(12)7-11)8-17-19-15-3-1-2-4-16(15)21-17/h1-7,14H,8-10,18H2. The van der Waals surface area contributed by atoms with Crippen LogP contribution in [0.1, 0.15) is 27.7 Å². The predicted molar refractivity (Wildman–Crippen MR) is 85.2 cm³/mol. The van der Waals surface area contributed by atoms with Gasteiger partial charge in [-0.05, 0) is 28.8 Å². The second kappa shape index (κ2) is 5.22. The van der Waals surface area contributed by atoms with Crippen LogP contribution in [0.5, 0.6) is 0 Å². The van der Waals surface area contributed by atoms with Gasteiger partial charge in [-0.1, -0.05) is 30.3 Å². The molecule has 21 heavy (non-hydrogen) atoms. The van der Waals surface area contributed by atoms with E-state index in [4.69, 9.17) is 10.5 Å². The van der Waals surface area contributed by atoms with Crippen LogP contribution in [0.4, 0.5) is 0 Å². The van der Waals surface area contributed by atoms with Gasteiger partial charge in [0.15, 0.2) is 0 Å². The molecule has 2 N–H and O–H groups in total. The highest BCUT2D eigenvalue weighted by atomic mass is 32.1. The fraction of sp³-hybridized carbons (Fsp3) is 0.235. The molecule has 0 spiro atoms. The maximum atomic E-state index is 6.37. The minimum atomic E-state index is -0.0172. The summed E-state index contributed by atoms with van der Waals surface area (Å²) in [6.07, 6.45) is 0.777. The quantitative estimate of drug-likeness (QED) is 0.804. The number of fused-ring (bicyclic) bond motifs is 2. The lowest BCUT2D eigenvalue weighted by atomic mass is 10.00. The fourth-order valence-corrected chi connectivity index (χ4v) is 3.76. The average Bonchev–Trinajstić information content (AvgIpc) is 3.11. The van der Waals surface area contributed by atoms with E-state index in [1.165, 1.54) is 21.4 Å². The fourth-order valence-electron chi connectivity index (χ4n) is 2.74. The Morgan fingerprint density at radius 2 is 2.00 bits per heavy atom. The van der Waals surface area contributed by atoms with E-state index in [1.54, 1.807) is 11.3 Å². The Balaban J connectivity index is 1.58. The van der Waals surface area contributed by atoms with Crippen molar-refractivity contribution in [1.29, 1.82) is 0 Å². The lowest BCUT2D eigenvalue weighted by molar-refractivity contribution is 0.134. The van der Waals surface area contributed by atoms with Gasteiger partial charge in [0.2, 0.25) is 0 Å². The summed E-state index contributed by atoms with van der Waals surface area (Å²) in [5.41, 5.74) is 11.2. The van der Waals surface area contributed by atoms with Crippen LogP contribution in [0.3, 0.4) is 0 Å². The molecule has 1 unspecified atom stereocenters. The van der Waals surface area contributed by atoms with Gasteiger partial charge in [0, 0.05) is 12.5 Å². The normalized spacial score (nSPS) is 15.3. The molecule has 1 aliphatic heterocycles. The zero-order valence-electron chi connectivity index (χ0n) is 11.6. The number of nitrogens with zero attached hydrogens (tertiary/aromatic N) is 1. The van der Waals surface area contributed by atoms with E-state index in [-0.39, 0.29) is 6.04 Å². The van der Waals surface area contributed by atoms with Gasteiger partial charge in [0.1, 0.15) is 0 Å². The summed E-state index contributed by atoms with van der Waals surface area (Å²) in [5.74, 6) is 0. The van der Waals surface area contributed by atoms with Gasteiger partial charge < -0.3 is 10.5 Å². The van der Waals surface area contributed by atoms with E-state index in [1.807, 2.05) is 18.2 Å². The first-order valence-corrected chi connectivity index (χ1v) is 7.91. The molecule has 0 fully saturated rings. The molecule has 0 radical (unpaired) electrons. The van der Waals surface area contributed by atoms with Crippen molar-refractivity contribution < 1.29 is 4.74 Å². The Labute approximate surface area is 127 Å². The summed E-state index contributed by atoms with van der Waals surface area (Å²) in [4.78, 5) is 4.66. The lowest BCUT2D eigenvalue weighted by Gasteiger charge is -2.11. The molecule has 0 bridgehead atoms. The number of aromatic nitrogens is 1. The number of para-hydroxylation sites is 1. The van der Waals surface area contributed by atoms with Crippen LogP contribution in [0.15, 0.2) is 42.5 Å². The molecule has 0 saturated heterocycles. The largest absolute Gasteiger partial charge is 0.372 e. The molecule has 0 amide bonds. The minimum Gasteiger partial charge on any atom is -0.372 e. The van der Waals surface area contributed by atoms with Crippen molar-refractivity contribution in [2.75, 3.05) is 0 Å². The Kier molecular flexibility index (Phi) is 3.22. The number of benzene rings is 2. The van der Waals surface area contributed by atoms with Crippen LogP contribution in [0.2, 0.25) is 0 Å². The molecule has 0 saturated carbocycles. The molecule has 3 nitrogen and oxygen atoms in total. The highest BCUT2D eigenvalue weighted by Gasteiger charge is 2.15. The molecule has 0 aliphatic carbocycles. The van der Waals surface area contributed by atoms with E-state index in [2.05, 4.69) is 29.2 Å². The molecule has 1 aliphatic rings. The molecule has 1 atom stereocenters. The van der Waals surface area contributed by atoms with E-state index in [9.17, 15) is 0 Å². The molecule has 4 heteroatoms. The third-order valence-corrected chi connectivity index (χ3v) is 4.97. The first-order valence-electron chi connectivity index (χ1n) is 7.09. The van der Waals surface area contributed by atoms with Crippen LogP contribution < -0.4 is 5.73 Å². The molecule has 2 heterocycles. The number of ether oxygens (including phenoxy) is 1. The smallest absolute Gasteiger partial charge is 0.0957 e. The highest BCUT2D eigenvalue weighted by Crippen LogP contribution is 2.27. The third-order valence-electron chi connectivity index (χ3n) is 3.91. The van der Waals surface area contributed by atoms with Crippen LogP contribution in [-0.4, -0.2) is 4.98 Å². The van der Waals surface area contributed by atoms with E-state index in [0.29, 0.717) is 6.61 Å². The van der Waals surface area contributed by atoms with Gasteiger partial charge in [-0.2, -0.15) is 0 Å². The maximum Gasteiger partial charge on any atom is 0.0957 e. The summed E-state index contributed by atoms with van der Waals surface area (Å²) in [6, 6.07) is 14.6. The topological polar surface area (TPSA) is 48.1 Å². The summed E-state index contributed by atoms with van der Waals surface area (Å²) < 4.78 is 6.68. The summed E-state index contributed by atoms with van der Waals surface area (Å²) in [7, 11) is 0. The second-order valence-corrected chi connectivity index (χ2v) is 6.52. The van der Waals surface area contributed by atoms with Crippen molar-refractivity contribution in [2.24, 2.45) is 5.73 Å². The number of hydrogen-bond donors (Lipinski definition) is 1. The van der Waals surface area contributed by atoms with E-state index < -0.39 is 0 Å². The average molecular weight is 296 g/mol. The molecule has 1 aromatic heterocycles. The predicted octanol–water partition coefficient (Wildman–Crippen LogP) is 3.57. The lowest BCUT2D eigenvalue weighted by Crippen LogP contribution is -2.13. The van der Waals surface area contributed by atoms with E-state index >= 15 is 0 Å². The third kappa shape index (κ3) is 2.46. The number of nitrogens with two attached hydrogens (primary N) is 1. The zero-order chi connectivity index (χ0) is 14.2. The maximum absolute atomic E-state index is 6.37. The van der Waals surface area contributed by atoms with Gasteiger partial charge >= 0.3 is 0 Å². The van der Waals surface area contributed by atoms with Crippen molar-refractivity contribution in [3.05, 3.63) is 64.2 Å². The van der Waals surface area contributed by atoms with Crippen LogP contribution >= 0.6 is 11.3 Å². The first-order chi connectivity index (χ1) is 10.3. The molecule has 4 rings (SSSR count). The second-order valence-electron chi connectivity index (χ2n) is 5.41. The minimum absolute atomic E-state index is 0.0172. The summed E-state index contributed by atoms with van der Waals surface area (Å²) in [5, 5.41) is 1.10. The van der Waals surface area contributed by atoms with Gasteiger partial charge in [-0.3, -0.25) is 0 Å². The Morgan fingerprint density at radius 1 is 1.14 bits per heavy atom. The highest BCUT2D eigenvalue weighted by molar-refractivity contribution is 7.18. The van der Waals surface area contributed by atoms with Gasteiger partial charge in [0.05, 0.1) is 28.4 Å². The van der Waals surface area contributed by atoms with Crippen molar-refractivity contribution in [3.8, 4) is 0 Å². The Hall–Kier alpha value is -1.75. The first kappa shape index (κ1) is 13.0. The molecule has 3 aromatic rings. The summed E-state index contributed by atoms with van der Waals surface area (Å²) >= 11 is 1.73. The van der Waals surface area contributed by atoms with Gasteiger partial charge in [0.25, 0.3) is 0 Å². The van der Waals surface area contributed by atoms with Crippen molar-refractivity contribution in [2.45, 2.75) is 25.7 Å². The van der Waals surface area contributed by atoms with Crippen LogP contribution in [0.25, 0.3) is 10.2 Å². The van der Waals surface area contributed by atoms with Crippen LogP contribution in [0, 0.1) is 0 Å². The van der Waals surface area contributed by atoms with Gasteiger partial charge in [-0.25, -0.2) is 4.98 Å². The number of rotatable bonds is 3. The molecular weight excluding hydrogens is 280 g/mol. The molecule has 2 aromatic carbocycles. The number of thiazole rings is 1. The number of hydrogen-bond acceptors (Lipinski definition) is 4. The molecule has 106 valence electrons. The van der Waals surface area contributed by atoms with Crippen molar-refractivity contribution in [3.63, 3.8) is 0 Å².